The third-order valence-corrected chi connectivity index (χ3v) is 5.35. The molecule has 0 aliphatic rings. The maximum absolute atomic E-state index is 13.7. The van der Waals surface area contributed by atoms with Gasteiger partial charge in [0.25, 0.3) is 12.0 Å². The Morgan fingerprint density at radius 3 is 2.45 bits per heavy atom. The fourth-order valence-electron chi connectivity index (χ4n) is 4.01. The molecule has 0 saturated carbocycles. The number of hydrogen-bond acceptors (Lipinski definition) is 4. The van der Waals surface area contributed by atoms with E-state index >= 15 is 0 Å². The van der Waals surface area contributed by atoms with Crippen molar-refractivity contribution in [1.82, 2.24) is 14.5 Å². The summed E-state index contributed by atoms with van der Waals surface area (Å²) in [4.78, 5) is 31.6. The lowest BCUT2D eigenvalue weighted by atomic mass is 10.0. The number of carboxylic acid groups (broad SMARTS) is 1. The Morgan fingerprint density at radius 1 is 1.24 bits per heavy atom. The lowest BCUT2D eigenvalue weighted by Gasteiger charge is -2.39. The summed E-state index contributed by atoms with van der Waals surface area (Å²) in [6.45, 7) is 6.92. The van der Waals surface area contributed by atoms with Gasteiger partial charge in [-0.25, -0.2) is 18.6 Å². The van der Waals surface area contributed by atoms with Gasteiger partial charge in [-0.1, -0.05) is 25.1 Å². The van der Waals surface area contributed by atoms with Gasteiger partial charge in [-0.2, -0.15) is 5.26 Å². The van der Waals surface area contributed by atoms with Gasteiger partial charge in [-0.05, 0) is 51.5 Å². The lowest BCUT2D eigenvalue weighted by Crippen LogP contribution is -2.48. The van der Waals surface area contributed by atoms with E-state index in [4.69, 9.17) is 0 Å². The van der Waals surface area contributed by atoms with E-state index in [0.29, 0.717) is 0 Å². The molecule has 1 amide bonds. The molecule has 0 saturated heterocycles. The monoisotopic (exact) mass is 454 g/mol. The molecule has 1 heterocycles. The second-order valence-corrected chi connectivity index (χ2v) is 8.56. The first-order chi connectivity index (χ1) is 15.5. The number of benzene rings is 2. The van der Waals surface area contributed by atoms with Crippen LogP contribution in [0.25, 0.3) is 16.6 Å². The quantitative estimate of drug-likeness (QED) is 0.555. The van der Waals surface area contributed by atoms with Crippen molar-refractivity contribution < 1.29 is 18.7 Å². The molecule has 7 nitrogen and oxygen atoms in total. The second-order valence-electron chi connectivity index (χ2n) is 8.56. The Labute approximate surface area is 189 Å². The van der Waals surface area contributed by atoms with E-state index in [-0.39, 0.29) is 34.4 Å². The molecule has 3 rings (SSSR count). The molecule has 0 aliphatic carbocycles. The van der Waals surface area contributed by atoms with Gasteiger partial charge in [0.2, 0.25) is 0 Å². The number of alkyl halides is 2. The SMILES string of the molecule is CC[C@@H](c1nc2cccc(C(F)F)c2c(=O)n1-c1cccc(C#N)c1)N(C(=O)O)C(C)(C)C. The summed E-state index contributed by atoms with van der Waals surface area (Å²) in [5.74, 6) is 0.0915. The number of aromatic nitrogens is 2. The summed E-state index contributed by atoms with van der Waals surface area (Å²) in [6, 6.07) is 11.2. The van der Waals surface area contributed by atoms with Crippen molar-refractivity contribution in [3.05, 3.63) is 69.8 Å². The second kappa shape index (κ2) is 8.98. The normalized spacial score (nSPS) is 12.5. The average molecular weight is 454 g/mol. The highest BCUT2D eigenvalue weighted by Gasteiger charge is 2.36. The standard InChI is InChI=1S/C24H24F2N4O3/c1-5-18(30(23(32)33)24(2,3)4)21-28-17-11-7-10-16(20(25)26)19(17)22(31)29(21)15-9-6-8-14(12-15)13-27/h6-12,18,20H,5H2,1-4H3,(H,32,33)/t18-/m0/s1. The molecule has 172 valence electrons. The van der Waals surface area contributed by atoms with Crippen LogP contribution >= 0.6 is 0 Å². The first kappa shape index (κ1) is 23.9. The molecule has 2 aromatic carbocycles. The molecule has 0 aliphatic heterocycles. The molecule has 1 atom stereocenters. The van der Waals surface area contributed by atoms with Crippen LogP contribution in [0, 0.1) is 11.3 Å². The smallest absolute Gasteiger partial charge is 0.408 e. The van der Waals surface area contributed by atoms with E-state index in [1.54, 1.807) is 45.9 Å². The van der Waals surface area contributed by atoms with Crippen LogP contribution in [0.2, 0.25) is 0 Å². The van der Waals surface area contributed by atoms with Gasteiger partial charge in [0.05, 0.1) is 34.3 Å². The van der Waals surface area contributed by atoms with Gasteiger partial charge in [-0.15, -0.1) is 0 Å². The molecule has 0 spiro atoms. The van der Waals surface area contributed by atoms with Crippen molar-refractivity contribution in [2.75, 3.05) is 0 Å². The van der Waals surface area contributed by atoms with E-state index in [2.05, 4.69) is 4.98 Å². The van der Waals surface area contributed by atoms with E-state index < -0.39 is 35.2 Å². The van der Waals surface area contributed by atoms with E-state index in [9.17, 15) is 28.7 Å². The zero-order chi connectivity index (χ0) is 24.5. The van der Waals surface area contributed by atoms with E-state index in [0.717, 1.165) is 4.57 Å². The number of halogens is 2. The highest BCUT2D eigenvalue weighted by molar-refractivity contribution is 5.82. The van der Waals surface area contributed by atoms with Gasteiger partial charge in [0.1, 0.15) is 5.82 Å². The highest BCUT2D eigenvalue weighted by atomic mass is 19.3. The predicted octanol–water partition coefficient (Wildman–Crippen LogP) is 5.42. The Hall–Kier alpha value is -3.80. The van der Waals surface area contributed by atoms with Crippen LogP contribution in [0.4, 0.5) is 13.6 Å². The first-order valence-corrected chi connectivity index (χ1v) is 10.4. The fraction of sp³-hybridized carbons (Fsp3) is 0.333. The molecular formula is C24H24F2N4O3. The van der Waals surface area contributed by atoms with Crippen molar-refractivity contribution in [2.45, 2.75) is 52.1 Å². The van der Waals surface area contributed by atoms with Crippen LogP contribution in [0.5, 0.6) is 0 Å². The van der Waals surface area contributed by atoms with Crippen LogP contribution < -0.4 is 5.56 Å². The fourth-order valence-corrected chi connectivity index (χ4v) is 4.01. The van der Waals surface area contributed by atoms with Crippen LogP contribution in [0.15, 0.2) is 47.3 Å². The number of amides is 1. The Balaban J connectivity index is 2.49. The Bertz CT molecular complexity index is 1310. The summed E-state index contributed by atoms with van der Waals surface area (Å²) in [5.41, 5.74) is -1.50. The van der Waals surface area contributed by atoms with Crippen LogP contribution in [0.1, 0.15) is 63.5 Å². The van der Waals surface area contributed by atoms with E-state index in [1.807, 2.05) is 6.07 Å². The van der Waals surface area contributed by atoms with Crippen LogP contribution in [-0.2, 0) is 0 Å². The highest BCUT2D eigenvalue weighted by Crippen LogP contribution is 2.33. The lowest BCUT2D eigenvalue weighted by molar-refractivity contribution is 0.0646. The van der Waals surface area contributed by atoms with Crippen molar-refractivity contribution in [1.29, 1.82) is 5.26 Å². The largest absolute Gasteiger partial charge is 0.465 e. The zero-order valence-corrected chi connectivity index (χ0v) is 18.7. The van der Waals surface area contributed by atoms with Gasteiger partial charge < -0.3 is 5.11 Å². The van der Waals surface area contributed by atoms with Gasteiger partial charge >= 0.3 is 6.09 Å². The molecule has 0 bridgehead atoms. The molecule has 3 aromatic rings. The molecule has 33 heavy (non-hydrogen) atoms. The summed E-state index contributed by atoms with van der Waals surface area (Å²) in [5, 5.41) is 19.1. The van der Waals surface area contributed by atoms with Crippen LogP contribution in [-0.4, -0.2) is 31.2 Å². The van der Waals surface area contributed by atoms with Gasteiger partial charge in [0, 0.05) is 11.1 Å². The Morgan fingerprint density at radius 2 is 1.91 bits per heavy atom. The van der Waals surface area contributed by atoms with Crippen molar-refractivity contribution in [3.63, 3.8) is 0 Å². The third-order valence-electron chi connectivity index (χ3n) is 5.35. The number of nitriles is 1. The molecular weight excluding hydrogens is 430 g/mol. The number of nitrogens with zero attached hydrogens (tertiary/aromatic N) is 4. The maximum Gasteiger partial charge on any atom is 0.408 e. The van der Waals surface area contributed by atoms with Gasteiger partial charge in [-0.3, -0.25) is 14.3 Å². The number of hydrogen-bond donors (Lipinski definition) is 1. The molecule has 1 aromatic heterocycles. The van der Waals surface area contributed by atoms with Gasteiger partial charge in [0.15, 0.2) is 0 Å². The minimum Gasteiger partial charge on any atom is -0.465 e. The summed E-state index contributed by atoms with van der Waals surface area (Å²) in [6.07, 6.45) is -3.84. The molecule has 9 heteroatoms. The summed E-state index contributed by atoms with van der Waals surface area (Å²) >= 11 is 0. The molecule has 0 unspecified atom stereocenters. The zero-order valence-electron chi connectivity index (χ0n) is 18.7. The van der Waals surface area contributed by atoms with Crippen LogP contribution in [0.3, 0.4) is 0 Å². The molecule has 0 radical (unpaired) electrons. The van der Waals surface area contributed by atoms with Crippen molar-refractivity contribution >= 4 is 17.0 Å². The maximum atomic E-state index is 13.7. The number of fused-ring (bicyclic) bond motifs is 1. The minimum atomic E-state index is -2.90. The number of carbonyl (C=O) groups is 1. The van der Waals surface area contributed by atoms with Crippen molar-refractivity contribution in [2.24, 2.45) is 0 Å². The minimum absolute atomic E-state index is 0.0539. The third kappa shape index (κ3) is 4.42. The Kier molecular flexibility index (Phi) is 6.49. The average Bonchev–Trinajstić information content (AvgIpc) is 2.75. The van der Waals surface area contributed by atoms with Crippen molar-refractivity contribution in [3.8, 4) is 11.8 Å². The first-order valence-electron chi connectivity index (χ1n) is 10.4. The summed E-state index contributed by atoms with van der Waals surface area (Å²) in [7, 11) is 0. The number of rotatable bonds is 5. The molecule has 0 fully saturated rings. The molecule has 1 N–H and O–H groups in total. The summed E-state index contributed by atoms with van der Waals surface area (Å²) < 4.78 is 28.6. The predicted molar refractivity (Wildman–Crippen MR) is 120 cm³/mol. The topological polar surface area (TPSA) is 99.2 Å². The van der Waals surface area contributed by atoms with E-state index in [1.165, 1.54) is 29.2 Å².